The summed E-state index contributed by atoms with van der Waals surface area (Å²) < 4.78 is 5.41. The fourth-order valence-corrected chi connectivity index (χ4v) is 6.18. The van der Waals surface area contributed by atoms with E-state index in [1.54, 1.807) is 5.38 Å². The molecule has 2 amide bonds. The number of rotatable bonds is 7. The molecule has 14 heteroatoms. The number of oxime groups is 1. The van der Waals surface area contributed by atoms with Crippen LogP contribution in [0.15, 0.2) is 21.8 Å². The Hall–Kier alpha value is -1.22. The van der Waals surface area contributed by atoms with Gasteiger partial charge in [-0.1, -0.05) is 17.4 Å². The molecule has 10 nitrogen and oxygen atoms in total. The smallest absolute Gasteiger partial charge is 0.863 e. The van der Waals surface area contributed by atoms with E-state index in [1.165, 1.54) is 23.8 Å². The molecule has 1 aromatic heterocycles. The summed E-state index contributed by atoms with van der Waals surface area (Å²) >= 11 is 7.63. The van der Waals surface area contributed by atoms with Crippen molar-refractivity contribution in [2.75, 3.05) is 31.8 Å². The zero-order valence-corrected chi connectivity index (χ0v) is 22.7. The minimum Gasteiger partial charge on any atom is -0.863 e. The van der Waals surface area contributed by atoms with E-state index in [0.717, 1.165) is 36.2 Å². The summed E-state index contributed by atoms with van der Waals surface area (Å²) in [7, 11) is 1.31. The number of anilines is 1. The Balaban J connectivity index is 0.00000306. The third kappa shape index (κ3) is 5.55. The molecule has 4 heterocycles. The Bertz CT molecular complexity index is 994. The van der Waals surface area contributed by atoms with Crippen LogP contribution in [0.3, 0.4) is 0 Å². The topological polar surface area (TPSA) is 142 Å². The number of nitrogens with zero attached hydrogens (tertiary/aromatic N) is 3. The number of amides is 2. The van der Waals surface area contributed by atoms with Crippen LogP contribution >= 0.6 is 35.3 Å². The Labute approximate surface area is 226 Å². The van der Waals surface area contributed by atoms with Gasteiger partial charge in [0.2, 0.25) is 0 Å². The number of thiazole rings is 1. The van der Waals surface area contributed by atoms with Crippen molar-refractivity contribution >= 4 is 63.0 Å². The predicted molar refractivity (Wildman–Crippen MR) is 123 cm³/mol. The fraction of sp³-hybridized carbons (Fsp3) is 0.526. The zero-order chi connectivity index (χ0) is 22.8. The van der Waals surface area contributed by atoms with Crippen molar-refractivity contribution in [1.82, 2.24) is 15.2 Å². The molecule has 0 aliphatic carbocycles. The molecule has 1 unspecified atom stereocenters. The average molecular weight is 520 g/mol. The van der Waals surface area contributed by atoms with Crippen LogP contribution in [0.1, 0.15) is 25.0 Å². The molecule has 2 fully saturated rings. The maximum absolute atomic E-state index is 12.9. The number of nitrogens with two attached hydrogens (primary N) is 1. The molecule has 3 N–H and O–H groups in total. The number of ether oxygens (including phenoxy) is 1. The van der Waals surface area contributed by atoms with Gasteiger partial charge in [0.1, 0.15) is 24.2 Å². The summed E-state index contributed by atoms with van der Waals surface area (Å²) in [6.07, 6.45) is 2.56. The van der Waals surface area contributed by atoms with Gasteiger partial charge in [-0.05, 0) is 35.8 Å². The van der Waals surface area contributed by atoms with Gasteiger partial charge >= 0.3 is 29.6 Å². The van der Waals surface area contributed by atoms with Crippen molar-refractivity contribution < 1.29 is 53.8 Å². The van der Waals surface area contributed by atoms with Gasteiger partial charge in [0.15, 0.2) is 10.8 Å². The number of hydrogen-bond donors (Lipinski definition) is 2. The van der Waals surface area contributed by atoms with E-state index in [1.807, 2.05) is 0 Å². The molecule has 0 aromatic carbocycles. The standard InChI is InChI=1S/C19H23N5O5S3.Na/c1-28-23-12(11-8-32-19(20)21-11)15(25)22-13-16(26)24-14(18(27)30)10(7-31-17(13)24)6-9-2-4-29-5-3-9;/h8-9,13,17H,2-7H2,1H3,(H2,20,21)(H,22,25)(H,27,30);/q;+1/p-1/b23-12+;/t13?,17-;/m1./s1. The second-order valence-electron chi connectivity index (χ2n) is 7.55. The number of β-lactam (4-membered cyclic amide) rings is 1. The van der Waals surface area contributed by atoms with Crippen molar-refractivity contribution in [3.05, 3.63) is 22.3 Å². The third-order valence-electron chi connectivity index (χ3n) is 5.57. The molecule has 33 heavy (non-hydrogen) atoms. The minimum atomic E-state index is -0.806. The molecular formula is C19H22N5NaO5S3. The van der Waals surface area contributed by atoms with Crippen molar-refractivity contribution in [2.24, 2.45) is 11.1 Å². The van der Waals surface area contributed by atoms with Crippen LogP contribution in [-0.2, 0) is 19.2 Å². The van der Waals surface area contributed by atoms with Crippen LogP contribution in [0.25, 0.3) is 0 Å². The van der Waals surface area contributed by atoms with Gasteiger partial charge in [0.25, 0.3) is 11.8 Å². The average Bonchev–Trinajstić information content (AvgIpc) is 3.21. The van der Waals surface area contributed by atoms with Crippen molar-refractivity contribution in [2.45, 2.75) is 30.7 Å². The largest absolute Gasteiger partial charge is 1.00 e. The van der Waals surface area contributed by atoms with Gasteiger partial charge in [-0.25, -0.2) is 4.98 Å². The number of fused-ring (bicyclic) bond motifs is 1. The van der Waals surface area contributed by atoms with Crippen molar-refractivity contribution in [1.29, 1.82) is 0 Å². The van der Waals surface area contributed by atoms with E-state index in [-0.39, 0.29) is 52.0 Å². The third-order valence-corrected chi connectivity index (χ3v) is 7.77. The number of thiocarbonyl (C=S) groups is 1. The van der Waals surface area contributed by atoms with Gasteiger partial charge in [-0.15, -0.1) is 23.1 Å². The van der Waals surface area contributed by atoms with E-state index in [0.29, 0.717) is 30.6 Å². The molecule has 0 radical (unpaired) electrons. The maximum Gasteiger partial charge on any atom is 1.00 e. The van der Waals surface area contributed by atoms with Gasteiger partial charge < -0.3 is 25.7 Å². The fourth-order valence-electron chi connectivity index (χ4n) is 4.03. The first-order chi connectivity index (χ1) is 15.4. The zero-order valence-electron chi connectivity index (χ0n) is 18.2. The first-order valence-electron chi connectivity index (χ1n) is 9.99. The van der Waals surface area contributed by atoms with E-state index >= 15 is 0 Å². The molecule has 3 aliphatic rings. The monoisotopic (exact) mass is 519 g/mol. The number of thioether (sulfide) groups is 1. The van der Waals surface area contributed by atoms with Crippen LogP contribution < -0.4 is 45.7 Å². The minimum absolute atomic E-state index is 0. The van der Waals surface area contributed by atoms with Crippen LogP contribution in [-0.4, -0.2) is 70.0 Å². The summed E-state index contributed by atoms with van der Waals surface area (Å²) in [5.74, 6) is 0.00426. The maximum atomic E-state index is 12.9. The van der Waals surface area contributed by atoms with Gasteiger partial charge in [-0.3, -0.25) is 14.5 Å². The van der Waals surface area contributed by atoms with Crippen LogP contribution in [0.4, 0.5) is 5.13 Å². The van der Waals surface area contributed by atoms with Gasteiger partial charge in [-0.2, -0.15) is 0 Å². The van der Waals surface area contributed by atoms with E-state index < -0.39 is 22.4 Å². The summed E-state index contributed by atoms with van der Waals surface area (Å²) in [6, 6.07) is -0.806. The Morgan fingerprint density at radius 2 is 2.21 bits per heavy atom. The molecule has 1 aromatic rings. The SMILES string of the molecule is CO/N=C(/C(=O)NC1C(=O)N2C(C([O-])=S)=C(CC3CCOCC3)CS[C@H]12)c1csc(N)n1.[Na+]. The van der Waals surface area contributed by atoms with E-state index in [4.69, 9.17) is 27.5 Å². The second-order valence-corrected chi connectivity index (χ2v) is 9.92. The van der Waals surface area contributed by atoms with Crippen LogP contribution in [0, 0.1) is 5.92 Å². The Morgan fingerprint density at radius 3 is 2.82 bits per heavy atom. The summed E-state index contributed by atoms with van der Waals surface area (Å²) in [5.41, 5.74) is 7.02. The Morgan fingerprint density at radius 1 is 1.48 bits per heavy atom. The number of nitrogen functional groups attached to an aromatic ring is 1. The van der Waals surface area contributed by atoms with Crippen molar-refractivity contribution in [3.63, 3.8) is 0 Å². The molecule has 4 rings (SSSR count). The van der Waals surface area contributed by atoms with Gasteiger partial charge in [0, 0.05) is 30.0 Å². The molecule has 3 aliphatic heterocycles. The summed E-state index contributed by atoms with van der Waals surface area (Å²) in [5, 5.41) is 19.6. The first kappa shape index (κ1) is 26.4. The molecule has 172 valence electrons. The van der Waals surface area contributed by atoms with Crippen LogP contribution in [0.2, 0.25) is 0 Å². The second kappa shape index (κ2) is 11.5. The summed E-state index contributed by atoms with van der Waals surface area (Å²) in [4.78, 5) is 36.0. The number of hydrogen-bond acceptors (Lipinski definition) is 11. The Kier molecular flexibility index (Phi) is 9.17. The van der Waals surface area contributed by atoms with Gasteiger partial charge in [0.05, 0.1) is 0 Å². The van der Waals surface area contributed by atoms with Crippen molar-refractivity contribution in [3.8, 4) is 0 Å². The first-order valence-corrected chi connectivity index (χ1v) is 12.3. The molecule has 2 saturated heterocycles. The molecule has 0 saturated carbocycles. The van der Waals surface area contributed by atoms with E-state index in [9.17, 15) is 14.7 Å². The number of nitrogens with one attached hydrogen (secondary N) is 1. The number of aromatic nitrogens is 1. The van der Waals surface area contributed by atoms with Crippen LogP contribution in [0.5, 0.6) is 0 Å². The molecule has 2 atom stereocenters. The molecular weight excluding hydrogens is 497 g/mol. The number of carbonyl (C=O) groups is 2. The quantitative estimate of drug-likeness (QED) is 0.129. The molecule has 0 bridgehead atoms. The predicted octanol–water partition coefficient (Wildman–Crippen LogP) is -2.76. The van der Waals surface area contributed by atoms with E-state index in [2.05, 4.69) is 15.5 Å². The normalized spacial score (nSPS) is 23.4. The number of carbonyl (C=O) groups excluding carboxylic acids is 2. The molecule has 0 spiro atoms. The summed E-state index contributed by atoms with van der Waals surface area (Å²) in [6.45, 7) is 1.41.